The van der Waals surface area contributed by atoms with Crippen molar-refractivity contribution in [2.45, 2.75) is 6.42 Å². The Bertz CT molecular complexity index is 572. The number of aromatic nitrogens is 2. The third-order valence-electron chi connectivity index (χ3n) is 2.43. The number of methoxy groups -OCH3 is 1. The van der Waals surface area contributed by atoms with Crippen LogP contribution in [0.15, 0.2) is 41.1 Å². The van der Waals surface area contributed by atoms with E-state index in [0.717, 1.165) is 10.0 Å². The monoisotopic (exact) mass is 306 g/mol. The van der Waals surface area contributed by atoms with Crippen molar-refractivity contribution in [3.63, 3.8) is 0 Å². The van der Waals surface area contributed by atoms with Crippen LogP contribution in [-0.4, -0.2) is 22.9 Å². The standard InChI is InChI=1S/C13H11BrN2O2/c1-18-13-12(15-6-7-16-13)11(17)8-9-4-2-3-5-10(9)14/h2-7H,8H2,1H3. The van der Waals surface area contributed by atoms with Gasteiger partial charge in [0.2, 0.25) is 5.88 Å². The zero-order valence-corrected chi connectivity index (χ0v) is 11.3. The van der Waals surface area contributed by atoms with E-state index in [4.69, 9.17) is 4.74 Å². The van der Waals surface area contributed by atoms with E-state index in [1.165, 1.54) is 19.5 Å². The van der Waals surface area contributed by atoms with Crippen molar-refractivity contribution in [2.24, 2.45) is 0 Å². The number of ketones is 1. The first-order chi connectivity index (χ1) is 8.72. The molecule has 0 bridgehead atoms. The van der Waals surface area contributed by atoms with E-state index in [1.807, 2.05) is 24.3 Å². The van der Waals surface area contributed by atoms with E-state index in [9.17, 15) is 4.79 Å². The summed E-state index contributed by atoms with van der Waals surface area (Å²) in [4.78, 5) is 20.1. The molecular formula is C13H11BrN2O2. The molecule has 0 aliphatic heterocycles. The van der Waals surface area contributed by atoms with Crippen molar-refractivity contribution in [2.75, 3.05) is 7.11 Å². The lowest BCUT2D eigenvalue weighted by Crippen LogP contribution is -2.09. The second-order valence-electron chi connectivity index (χ2n) is 3.61. The molecule has 0 radical (unpaired) electrons. The van der Waals surface area contributed by atoms with Crippen LogP contribution >= 0.6 is 15.9 Å². The second kappa shape index (κ2) is 5.73. The molecule has 2 aromatic rings. The molecule has 1 heterocycles. The number of ether oxygens (including phenoxy) is 1. The highest BCUT2D eigenvalue weighted by molar-refractivity contribution is 9.10. The molecule has 0 fully saturated rings. The van der Waals surface area contributed by atoms with Gasteiger partial charge in [0.1, 0.15) is 0 Å². The van der Waals surface area contributed by atoms with Crippen LogP contribution in [0.2, 0.25) is 0 Å². The Hall–Kier alpha value is -1.75. The first-order valence-corrected chi connectivity index (χ1v) is 6.13. The fraction of sp³-hybridized carbons (Fsp3) is 0.154. The van der Waals surface area contributed by atoms with E-state index in [-0.39, 0.29) is 23.8 Å². The zero-order valence-electron chi connectivity index (χ0n) is 9.76. The molecule has 0 unspecified atom stereocenters. The number of carbonyl (C=O) groups is 1. The summed E-state index contributed by atoms with van der Waals surface area (Å²) in [5.41, 5.74) is 1.17. The zero-order chi connectivity index (χ0) is 13.0. The summed E-state index contributed by atoms with van der Waals surface area (Å²) < 4.78 is 5.93. The number of nitrogens with zero attached hydrogens (tertiary/aromatic N) is 2. The van der Waals surface area contributed by atoms with Gasteiger partial charge in [-0.05, 0) is 11.6 Å². The van der Waals surface area contributed by atoms with Crippen molar-refractivity contribution >= 4 is 21.7 Å². The Morgan fingerprint density at radius 1 is 1.28 bits per heavy atom. The fourth-order valence-electron chi connectivity index (χ4n) is 1.56. The average Bonchev–Trinajstić information content (AvgIpc) is 2.41. The number of Topliss-reactive ketones (excluding diaryl/α,β-unsaturated/α-hetero) is 1. The largest absolute Gasteiger partial charge is 0.479 e. The molecule has 4 nitrogen and oxygen atoms in total. The SMILES string of the molecule is COc1nccnc1C(=O)Cc1ccccc1Br. The summed E-state index contributed by atoms with van der Waals surface area (Å²) in [7, 11) is 1.47. The van der Waals surface area contributed by atoms with Gasteiger partial charge in [-0.2, -0.15) is 0 Å². The molecule has 0 N–H and O–H groups in total. The molecule has 0 aliphatic carbocycles. The minimum atomic E-state index is -0.119. The molecule has 0 saturated heterocycles. The van der Waals surface area contributed by atoms with Crippen molar-refractivity contribution < 1.29 is 9.53 Å². The van der Waals surface area contributed by atoms with Crippen LogP contribution in [0.5, 0.6) is 5.88 Å². The predicted molar refractivity (Wildman–Crippen MR) is 70.8 cm³/mol. The third kappa shape index (κ3) is 2.73. The summed E-state index contributed by atoms with van der Waals surface area (Å²) in [6, 6.07) is 7.59. The first-order valence-electron chi connectivity index (χ1n) is 5.34. The molecule has 0 atom stereocenters. The third-order valence-corrected chi connectivity index (χ3v) is 3.20. The van der Waals surface area contributed by atoms with E-state index < -0.39 is 0 Å². The molecule has 1 aromatic heterocycles. The average molecular weight is 307 g/mol. The molecule has 0 spiro atoms. The van der Waals surface area contributed by atoms with Crippen molar-refractivity contribution in [3.8, 4) is 5.88 Å². The van der Waals surface area contributed by atoms with Gasteiger partial charge in [-0.3, -0.25) is 4.79 Å². The molecule has 0 amide bonds. The molecule has 0 aliphatic rings. The van der Waals surface area contributed by atoms with Gasteiger partial charge in [-0.1, -0.05) is 34.1 Å². The van der Waals surface area contributed by atoms with Crippen LogP contribution in [0, 0.1) is 0 Å². The van der Waals surface area contributed by atoms with E-state index in [1.54, 1.807) is 0 Å². The van der Waals surface area contributed by atoms with Gasteiger partial charge < -0.3 is 4.74 Å². The van der Waals surface area contributed by atoms with Crippen LogP contribution in [-0.2, 0) is 6.42 Å². The Labute approximate surface area is 113 Å². The lowest BCUT2D eigenvalue weighted by molar-refractivity contribution is 0.0984. The summed E-state index contributed by atoms with van der Waals surface area (Å²) in [6.07, 6.45) is 3.24. The minimum absolute atomic E-state index is 0.119. The Morgan fingerprint density at radius 3 is 2.72 bits per heavy atom. The number of hydrogen-bond donors (Lipinski definition) is 0. The van der Waals surface area contributed by atoms with Gasteiger partial charge >= 0.3 is 0 Å². The Kier molecular flexibility index (Phi) is 4.04. The highest BCUT2D eigenvalue weighted by atomic mass is 79.9. The molecule has 0 saturated carbocycles. The summed E-state index contributed by atoms with van der Waals surface area (Å²) >= 11 is 3.41. The summed E-state index contributed by atoms with van der Waals surface area (Å²) in [6.45, 7) is 0. The highest BCUT2D eigenvalue weighted by Gasteiger charge is 2.16. The number of halogens is 1. The first kappa shape index (κ1) is 12.7. The number of rotatable bonds is 4. The van der Waals surface area contributed by atoms with Gasteiger partial charge in [-0.25, -0.2) is 9.97 Å². The normalized spacial score (nSPS) is 10.1. The second-order valence-corrected chi connectivity index (χ2v) is 4.46. The lowest BCUT2D eigenvalue weighted by Gasteiger charge is -2.06. The molecule has 2 rings (SSSR count). The summed E-state index contributed by atoms with van der Waals surface area (Å²) in [5, 5.41) is 0. The van der Waals surface area contributed by atoms with E-state index in [2.05, 4.69) is 25.9 Å². The van der Waals surface area contributed by atoms with Gasteiger partial charge in [0.15, 0.2) is 11.5 Å². The lowest BCUT2D eigenvalue weighted by atomic mass is 10.1. The van der Waals surface area contributed by atoms with Crippen LogP contribution in [0.1, 0.15) is 16.1 Å². The fourth-order valence-corrected chi connectivity index (χ4v) is 1.99. The minimum Gasteiger partial charge on any atom is -0.479 e. The Morgan fingerprint density at radius 2 is 2.00 bits per heavy atom. The predicted octanol–water partition coefficient (Wildman–Crippen LogP) is 2.67. The van der Waals surface area contributed by atoms with Gasteiger partial charge in [0.05, 0.1) is 7.11 Å². The molecule has 92 valence electrons. The van der Waals surface area contributed by atoms with E-state index in [0.29, 0.717) is 0 Å². The van der Waals surface area contributed by atoms with Gasteiger partial charge in [-0.15, -0.1) is 0 Å². The van der Waals surface area contributed by atoms with Crippen LogP contribution in [0.25, 0.3) is 0 Å². The molecule has 5 heteroatoms. The molecule has 18 heavy (non-hydrogen) atoms. The van der Waals surface area contributed by atoms with Gasteiger partial charge in [0.25, 0.3) is 0 Å². The Balaban J connectivity index is 2.25. The maximum Gasteiger partial charge on any atom is 0.243 e. The van der Waals surface area contributed by atoms with Crippen molar-refractivity contribution in [1.82, 2.24) is 9.97 Å². The molecular weight excluding hydrogens is 296 g/mol. The van der Waals surface area contributed by atoms with Crippen LogP contribution in [0.3, 0.4) is 0 Å². The van der Waals surface area contributed by atoms with Crippen molar-refractivity contribution in [3.05, 3.63) is 52.4 Å². The smallest absolute Gasteiger partial charge is 0.243 e. The van der Waals surface area contributed by atoms with Crippen LogP contribution < -0.4 is 4.74 Å². The maximum absolute atomic E-state index is 12.1. The van der Waals surface area contributed by atoms with Crippen LogP contribution in [0.4, 0.5) is 0 Å². The topological polar surface area (TPSA) is 52.1 Å². The number of carbonyl (C=O) groups excluding carboxylic acids is 1. The summed E-state index contributed by atoms with van der Waals surface area (Å²) in [5.74, 6) is 0.140. The number of benzene rings is 1. The quantitative estimate of drug-likeness (QED) is 0.815. The maximum atomic E-state index is 12.1. The van der Waals surface area contributed by atoms with Crippen molar-refractivity contribution in [1.29, 1.82) is 0 Å². The molecule has 1 aromatic carbocycles. The van der Waals surface area contributed by atoms with E-state index >= 15 is 0 Å². The number of hydrogen-bond acceptors (Lipinski definition) is 4. The highest BCUT2D eigenvalue weighted by Crippen LogP contribution is 2.19. The van der Waals surface area contributed by atoms with Gasteiger partial charge in [0, 0.05) is 23.3 Å².